The summed E-state index contributed by atoms with van der Waals surface area (Å²) in [4.78, 5) is 32.8. The molecule has 0 unspecified atom stereocenters. The van der Waals surface area contributed by atoms with Crippen molar-refractivity contribution in [1.29, 1.82) is 0 Å². The molecule has 4 aliphatic carbocycles. The fraction of sp³-hybridized carbons (Fsp3) is 0.568. The fourth-order valence-electron chi connectivity index (χ4n) is 8.43. The molecule has 2 atom stereocenters. The van der Waals surface area contributed by atoms with Crippen LogP contribution < -0.4 is 9.64 Å². The molecular formula is C37H48N4O4. The average Bonchev–Trinajstić information content (AvgIpc) is 3.55. The van der Waals surface area contributed by atoms with E-state index in [-0.39, 0.29) is 41.0 Å². The second-order valence-electron chi connectivity index (χ2n) is 14.4. The first kappa shape index (κ1) is 31.3. The number of rotatable bonds is 10. The Bertz CT molecular complexity index is 1520. The van der Waals surface area contributed by atoms with Gasteiger partial charge in [-0.25, -0.2) is 4.98 Å². The van der Waals surface area contributed by atoms with Crippen molar-refractivity contribution >= 4 is 17.7 Å². The van der Waals surface area contributed by atoms with Crippen molar-refractivity contribution in [2.24, 2.45) is 17.3 Å². The Kier molecular flexibility index (Phi) is 8.77. The quantitative estimate of drug-likeness (QED) is 0.251. The lowest BCUT2D eigenvalue weighted by Gasteiger charge is -2.55. The highest BCUT2D eigenvalue weighted by molar-refractivity contribution is 5.95. The molecule has 3 aromatic rings. The molecule has 8 nitrogen and oxygen atoms in total. The van der Waals surface area contributed by atoms with E-state index in [1.165, 1.54) is 11.1 Å². The zero-order chi connectivity index (χ0) is 31.8. The highest BCUT2D eigenvalue weighted by Gasteiger charge is 2.51. The number of carbonyl (C=O) groups is 2. The van der Waals surface area contributed by atoms with Gasteiger partial charge in [-0.05, 0) is 130 Å². The van der Waals surface area contributed by atoms with Gasteiger partial charge in [-0.15, -0.1) is 0 Å². The number of hydrogen-bond donors (Lipinski definition) is 1. The highest BCUT2D eigenvalue weighted by atomic mass is 16.5. The van der Waals surface area contributed by atoms with Crippen molar-refractivity contribution in [2.75, 3.05) is 18.6 Å². The van der Waals surface area contributed by atoms with Crippen LogP contribution in [0.1, 0.15) is 102 Å². The molecule has 0 spiro atoms. The number of hydrogen-bond acceptors (Lipinski definition) is 5. The van der Waals surface area contributed by atoms with E-state index in [0.29, 0.717) is 18.8 Å². The predicted molar refractivity (Wildman–Crippen MR) is 175 cm³/mol. The average molecular weight is 613 g/mol. The van der Waals surface area contributed by atoms with Crippen molar-refractivity contribution in [3.05, 3.63) is 60.0 Å². The number of nitrogens with zero attached hydrogens (tertiary/aromatic N) is 4. The van der Waals surface area contributed by atoms with Crippen LogP contribution in [0.4, 0.5) is 5.82 Å². The third kappa shape index (κ3) is 6.38. The number of methoxy groups -OCH3 is 1. The molecular weight excluding hydrogens is 564 g/mol. The van der Waals surface area contributed by atoms with Gasteiger partial charge in [0, 0.05) is 42.9 Å². The molecule has 7 rings (SSSR count). The maximum Gasteiger partial charge on any atom is 0.303 e. The van der Waals surface area contributed by atoms with Crippen LogP contribution in [-0.4, -0.2) is 45.4 Å². The van der Waals surface area contributed by atoms with Gasteiger partial charge in [-0.1, -0.05) is 18.6 Å². The van der Waals surface area contributed by atoms with Crippen LogP contribution in [0.3, 0.4) is 0 Å². The molecule has 4 saturated carbocycles. The van der Waals surface area contributed by atoms with Crippen molar-refractivity contribution < 1.29 is 19.4 Å². The molecule has 0 aliphatic heterocycles. The summed E-state index contributed by atoms with van der Waals surface area (Å²) in [7, 11) is 1.73. The molecule has 2 aromatic heterocycles. The highest BCUT2D eigenvalue weighted by Crippen LogP contribution is 2.58. The number of carbonyl (C=O) groups excluding carboxylic acids is 1. The van der Waals surface area contributed by atoms with Crippen LogP contribution in [0, 0.1) is 24.2 Å². The summed E-state index contributed by atoms with van der Waals surface area (Å²) in [6, 6.07) is 11.0. The van der Waals surface area contributed by atoms with Gasteiger partial charge >= 0.3 is 5.97 Å². The van der Waals surface area contributed by atoms with E-state index >= 15 is 0 Å². The van der Waals surface area contributed by atoms with Gasteiger partial charge < -0.3 is 9.84 Å². The van der Waals surface area contributed by atoms with Crippen molar-refractivity contribution in [3.63, 3.8) is 0 Å². The van der Waals surface area contributed by atoms with Gasteiger partial charge in [0.2, 0.25) is 5.91 Å². The Morgan fingerprint density at radius 1 is 1.07 bits per heavy atom. The Morgan fingerprint density at radius 2 is 1.82 bits per heavy atom. The van der Waals surface area contributed by atoms with Crippen molar-refractivity contribution in [3.8, 4) is 16.9 Å². The number of anilines is 1. The molecule has 8 heteroatoms. The number of carboxylic acids is 1. The summed E-state index contributed by atoms with van der Waals surface area (Å²) in [5.74, 6) is 0.823. The first-order valence-corrected chi connectivity index (χ1v) is 16.8. The lowest BCUT2D eigenvalue weighted by Crippen LogP contribution is -2.52. The minimum atomic E-state index is -0.778. The second-order valence-corrected chi connectivity index (χ2v) is 14.4. The van der Waals surface area contributed by atoms with Crippen LogP contribution in [0.25, 0.3) is 11.1 Å². The van der Waals surface area contributed by atoms with Crippen LogP contribution in [0.15, 0.2) is 48.9 Å². The number of pyridine rings is 1. The molecule has 2 heterocycles. The van der Waals surface area contributed by atoms with Gasteiger partial charge in [0.25, 0.3) is 0 Å². The summed E-state index contributed by atoms with van der Waals surface area (Å²) < 4.78 is 7.48. The Labute approximate surface area is 267 Å². The maximum atomic E-state index is 14.5. The van der Waals surface area contributed by atoms with E-state index in [9.17, 15) is 14.7 Å². The predicted octanol–water partition coefficient (Wildman–Crippen LogP) is 7.75. The van der Waals surface area contributed by atoms with E-state index in [1.54, 1.807) is 7.11 Å². The first-order valence-electron chi connectivity index (χ1n) is 16.8. The lowest BCUT2D eigenvalue weighted by atomic mass is 9.51. The third-order valence-electron chi connectivity index (χ3n) is 11.2. The molecule has 45 heavy (non-hydrogen) atoms. The Morgan fingerprint density at radius 3 is 2.47 bits per heavy atom. The van der Waals surface area contributed by atoms with Crippen LogP contribution >= 0.6 is 0 Å². The van der Waals surface area contributed by atoms with Gasteiger partial charge in [0.1, 0.15) is 11.6 Å². The normalized spacial score (nSPS) is 26.2. The van der Waals surface area contributed by atoms with E-state index in [0.717, 1.165) is 74.7 Å². The van der Waals surface area contributed by atoms with Gasteiger partial charge in [-0.2, -0.15) is 5.10 Å². The minimum Gasteiger partial charge on any atom is -0.496 e. The number of ether oxygens (including phenoxy) is 1. The summed E-state index contributed by atoms with van der Waals surface area (Å²) >= 11 is 0. The Hall–Kier alpha value is -3.68. The number of aromatic nitrogens is 3. The summed E-state index contributed by atoms with van der Waals surface area (Å²) in [5.41, 5.74) is 4.85. The number of benzene rings is 1. The lowest BCUT2D eigenvalue weighted by molar-refractivity contribution is -0.139. The van der Waals surface area contributed by atoms with Gasteiger partial charge in [0.15, 0.2) is 0 Å². The molecule has 0 saturated heterocycles. The second kappa shape index (κ2) is 12.6. The topological polar surface area (TPSA) is 97.5 Å². The van der Waals surface area contributed by atoms with E-state index < -0.39 is 5.97 Å². The molecule has 2 bridgehead atoms. The minimum absolute atomic E-state index is 0.0457. The van der Waals surface area contributed by atoms with Gasteiger partial charge in [-0.3, -0.25) is 19.2 Å². The zero-order valence-electron chi connectivity index (χ0n) is 27.3. The summed E-state index contributed by atoms with van der Waals surface area (Å²) in [6.45, 7) is 7.00. The van der Waals surface area contributed by atoms with Crippen LogP contribution in [0.5, 0.6) is 5.75 Å². The molecule has 1 N–H and O–H groups in total. The monoisotopic (exact) mass is 612 g/mol. The standard InChI is InChI=1S/C37H48N4O4/c1-25(2)41-23-30(22-39-41)28-10-17-38-33(21-28)40(35(44)29-7-5-6-27(19-29)20-34(42)43)24-36-11-14-37(15-12-36,16-13-36)31-8-9-32(45-4)26(3)18-31/h8-10,17-18,21-23,25,27,29H,5-7,11-16,19-20,24H2,1-4H3,(H,42,43)/t27-,29-,36?,37?/m1/s1. The van der Waals surface area contributed by atoms with E-state index in [4.69, 9.17) is 9.72 Å². The van der Waals surface area contributed by atoms with Gasteiger partial charge in [0.05, 0.1) is 13.3 Å². The molecule has 1 amide bonds. The van der Waals surface area contributed by atoms with Crippen LogP contribution in [-0.2, 0) is 15.0 Å². The molecule has 1 aromatic carbocycles. The summed E-state index contributed by atoms with van der Waals surface area (Å²) in [5, 5.41) is 14.0. The maximum absolute atomic E-state index is 14.5. The van der Waals surface area contributed by atoms with Crippen molar-refractivity contribution in [2.45, 2.75) is 103 Å². The largest absolute Gasteiger partial charge is 0.496 e. The Balaban J connectivity index is 1.27. The molecule has 4 aliphatic rings. The zero-order valence-corrected chi connectivity index (χ0v) is 27.3. The van der Waals surface area contributed by atoms with E-state index in [1.807, 2.05) is 34.1 Å². The van der Waals surface area contributed by atoms with Crippen LogP contribution in [0.2, 0.25) is 0 Å². The number of fused-ring (bicyclic) bond motifs is 3. The number of aliphatic carboxylic acids is 1. The summed E-state index contributed by atoms with van der Waals surface area (Å²) in [6.07, 6.45) is 15.7. The SMILES string of the molecule is COc1ccc(C23CCC(CN(C(=O)[C@@H]4CCC[C@@H](CC(=O)O)C4)c4cc(-c5cnn(C(C)C)c5)ccn4)(CC2)CC3)cc1C. The third-order valence-corrected chi connectivity index (χ3v) is 11.2. The number of amides is 1. The first-order chi connectivity index (χ1) is 21.6. The molecule has 240 valence electrons. The van der Waals surface area contributed by atoms with E-state index in [2.05, 4.69) is 50.3 Å². The number of carboxylic acid groups (broad SMARTS) is 1. The smallest absolute Gasteiger partial charge is 0.303 e. The molecule has 0 radical (unpaired) electrons. The molecule has 4 fully saturated rings. The fourth-order valence-corrected chi connectivity index (χ4v) is 8.43. The van der Waals surface area contributed by atoms with Crippen molar-refractivity contribution in [1.82, 2.24) is 14.8 Å². The number of aryl methyl sites for hydroxylation is 1.